The van der Waals surface area contributed by atoms with Crippen molar-refractivity contribution in [2.75, 3.05) is 17.3 Å². The second-order valence-corrected chi connectivity index (χ2v) is 6.54. The van der Waals surface area contributed by atoms with E-state index in [1.807, 2.05) is 0 Å². The smallest absolute Gasteiger partial charge is 0.282 e. The van der Waals surface area contributed by atoms with Crippen LogP contribution in [0.3, 0.4) is 0 Å². The number of rotatable bonds is 5. The zero-order chi connectivity index (χ0) is 21.3. The Morgan fingerprint density at radius 3 is 2.17 bits per heavy atom. The Kier molecular flexibility index (Phi) is 5.02. The minimum Gasteiger partial charge on any atom is -0.497 e. The molecule has 5 nitrogen and oxygen atoms in total. The van der Waals surface area contributed by atoms with E-state index in [4.69, 9.17) is 4.74 Å². The molecule has 3 aromatic carbocycles. The van der Waals surface area contributed by atoms with Crippen molar-refractivity contribution in [3.8, 4) is 5.75 Å². The molecular weight excluding hydrogens is 390 g/mol. The highest BCUT2D eigenvalue weighted by atomic mass is 19.1. The molecule has 0 fully saturated rings. The van der Waals surface area contributed by atoms with E-state index in [9.17, 15) is 18.4 Å². The molecule has 0 saturated heterocycles. The van der Waals surface area contributed by atoms with Gasteiger partial charge in [0.05, 0.1) is 18.4 Å². The summed E-state index contributed by atoms with van der Waals surface area (Å²) in [5.74, 6) is -1.57. The summed E-state index contributed by atoms with van der Waals surface area (Å²) in [6, 6.07) is 17.2. The molecule has 0 aliphatic carbocycles. The predicted molar refractivity (Wildman–Crippen MR) is 109 cm³/mol. The van der Waals surface area contributed by atoms with Crippen molar-refractivity contribution in [2.24, 2.45) is 0 Å². The lowest BCUT2D eigenvalue weighted by molar-refractivity contribution is -0.120. The van der Waals surface area contributed by atoms with Crippen LogP contribution in [0, 0.1) is 11.6 Å². The van der Waals surface area contributed by atoms with Crippen molar-refractivity contribution in [1.82, 2.24) is 0 Å². The number of methoxy groups -OCH3 is 1. The molecule has 0 unspecified atom stereocenters. The van der Waals surface area contributed by atoms with Crippen LogP contribution < -0.4 is 15.0 Å². The second-order valence-electron chi connectivity index (χ2n) is 6.54. The Hall–Kier alpha value is -4.00. The number of carbonyl (C=O) groups excluding carboxylic acids is 2. The van der Waals surface area contributed by atoms with Gasteiger partial charge in [-0.2, -0.15) is 0 Å². The molecule has 0 aromatic heterocycles. The van der Waals surface area contributed by atoms with Crippen LogP contribution >= 0.6 is 0 Å². The molecule has 30 heavy (non-hydrogen) atoms. The summed E-state index contributed by atoms with van der Waals surface area (Å²) in [7, 11) is 1.51. The van der Waals surface area contributed by atoms with E-state index in [0.29, 0.717) is 22.7 Å². The van der Waals surface area contributed by atoms with E-state index < -0.39 is 23.4 Å². The minimum atomic E-state index is -0.603. The SMILES string of the molecule is COc1ccc(N2C(=O)C(Nc3cccc(F)c3)=C(c3ccc(F)cc3)C2=O)cc1. The average Bonchev–Trinajstić information content (AvgIpc) is 2.98. The number of carbonyl (C=O) groups is 2. The van der Waals surface area contributed by atoms with Crippen LogP contribution in [0.5, 0.6) is 5.75 Å². The number of imide groups is 1. The van der Waals surface area contributed by atoms with Gasteiger partial charge in [-0.1, -0.05) is 18.2 Å². The van der Waals surface area contributed by atoms with Crippen LogP contribution in [0.2, 0.25) is 0 Å². The number of hydrogen-bond acceptors (Lipinski definition) is 4. The first-order chi connectivity index (χ1) is 14.5. The zero-order valence-corrected chi connectivity index (χ0v) is 15.9. The largest absolute Gasteiger partial charge is 0.497 e. The summed E-state index contributed by atoms with van der Waals surface area (Å²) < 4.78 is 32.1. The first kappa shape index (κ1) is 19.3. The molecule has 1 heterocycles. The summed E-state index contributed by atoms with van der Waals surface area (Å²) in [5, 5.41) is 2.86. The van der Waals surface area contributed by atoms with Crippen molar-refractivity contribution in [1.29, 1.82) is 0 Å². The average molecular weight is 406 g/mol. The highest BCUT2D eigenvalue weighted by Crippen LogP contribution is 2.34. The Labute approximate surface area is 171 Å². The first-order valence-electron chi connectivity index (χ1n) is 9.03. The molecule has 1 aliphatic rings. The van der Waals surface area contributed by atoms with Crippen LogP contribution in [0.25, 0.3) is 5.57 Å². The number of amides is 2. The van der Waals surface area contributed by atoms with Gasteiger partial charge in [0.15, 0.2) is 0 Å². The second kappa shape index (κ2) is 7.79. The lowest BCUT2D eigenvalue weighted by atomic mass is 10.0. The Morgan fingerprint density at radius 2 is 1.53 bits per heavy atom. The predicted octanol–water partition coefficient (Wildman–Crippen LogP) is 4.37. The third-order valence-electron chi connectivity index (χ3n) is 4.64. The molecule has 0 spiro atoms. The van der Waals surface area contributed by atoms with Crippen molar-refractivity contribution < 1.29 is 23.1 Å². The fraction of sp³-hybridized carbons (Fsp3) is 0.0435. The van der Waals surface area contributed by atoms with Gasteiger partial charge in [0.25, 0.3) is 11.8 Å². The van der Waals surface area contributed by atoms with E-state index in [0.717, 1.165) is 4.90 Å². The summed E-state index contributed by atoms with van der Waals surface area (Å²) in [5.41, 5.74) is 1.07. The molecule has 0 saturated carbocycles. The Balaban J connectivity index is 1.80. The molecule has 150 valence electrons. The lowest BCUT2D eigenvalue weighted by Gasteiger charge is -2.16. The summed E-state index contributed by atoms with van der Waals surface area (Å²) in [6.07, 6.45) is 0. The van der Waals surface area contributed by atoms with Gasteiger partial charge in [0.2, 0.25) is 0 Å². The molecule has 2 amide bonds. The molecule has 0 radical (unpaired) electrons. The maximum atomic E-state index is 13.6. The van der Waals surface area contributed by atoms with Gasteiger partial charge in [-0.05, 0) is 60.2 Å². The summed E-state index contributed by atoms with van der Waals surface area (Å²) in [4.78, 5) is 27.4. The fourth-order valence-corrected chi connectivity index (χ4v) is 3.21. The molecule has 3 aromatic rings. The number of nitrogens with one attached hydrogen (secondary N) is 1. The summed E-state index contributed by atoms with van der Waals surface area (Å²) in [6.45, 7) is 0. The molecule has 1 N–H and O–H groups in total. The standard InChI is InChI=1S/C23H16F2N2O3/c1-30-19-11-9-18(10-12-19)27-22(28)20(14-5-7-15(24)8-6-14)21(23(27)29)26-17-4-2-3-16(25)13-17/h2-13,26H,1H3. The maximum absolute atomic E-state index is 13.6. The Bertz CT molecular complexity index is 1160. The number of hydrogen-bond donors (Lipinski definition) is 1. The van der Waals surface area contributed by atoms with Gasteiger partial charge >= 0.3 is 0 Å². The number of ether oxygens (including phenoxy) is 1. The van der Waals surface area contributed by atoms with E-state index in [-0.39, 0.29) is 11.3 Å². The molecule has 0 bridgehead atoms. The van der Waals surface area contributed by atoms with Crippen LogP contribution in [-0.4, -0.2) is 18.9 Å². The first-order valence-corrected chi connectivity index (χ1v) is 9.03. The number of nitrogens with zero attached hydrogens (tertiary/aromatic N) is 1. The van der Waals surface area contributed by atoms with Crippen molar-refractivity contribution in [2.45, 2.75) is 0 Å². The van der Waals surface area contributed by atoms with Gasteiger partial charge in [-0.25, -0.2) is 13.7 Å². The van der Waals surface area contributed by atoms with E-state index in [2.05, 4.69) is 5.32 Å². The number of anilines is 2. The zero-order valence-electron chi connectivity index (χ0n) is 15.9. The van der Waals surface area contributed by atoms with Gasteiger partial charge in [0, 0.05) is 5.69 Å². The highest BCUT2D eigenvalue weighted by Gasteiger charge is 2.40. The van der Waals surface area contributed by atoms with E-state index >= 15 is 0 Å². The number of benzene rings is 3. The molecule has 4 rings (SSSR count). The number of halogens is 2. The monoisotopic (exact) mass is 406 g/mol. The fourth-order valence-electron chi connectivity index (χ4n) is 3.21. The molecular formula is C23H16F2N2O3. The van der Waals surface area contributed by atoms with Crippen LogP contribution in [0.1, 0.15) is 5.56 Å². The van der Waals surface area contributed by atoms with Crippen LogP contribution in [0.4, 0.5) is 20.2 Å². The van der Waals surface area contributed by atoms with Gasteiger partial charge in [0.1, 0.15) is 23.1 Å². The van der Waals surface area contributed by atoms with Crippen molar-refractivity contribution in [3.05, 3.63) is 95.7 Å². The van der Waals surface area contributed by atoms with Gasteiger partial charge in [-0.3, -0.25) is 9.59 Å². The minimum absolute atomic E-state index is 0.0203. The molecule has 7 heteroatoms. The third-order valence-corrected chi connectivity index (χ3v) is 4.64. The van der Waals surface area contributed by atoms with Gasteiger partial charge < -0.3 is 10.1 Å². The van der Waals surface area contributed by atoms with E-state index in [1.165, 1.54) is 49.6 Å². The maximum Gasteiger partial charge on any atom is 0.282 e. The van der Waals surface area contributed by atoms with Crippen LogP contribution in [0.15, 0.2) is 78.5 Å². The topological polar surface area (TPSA) is 58.6 Å². The normalized spacial score (nSPS) is 13.8. The lowest BCUT2D eigenvalue weighted by Crippen LogP contribution is -2.32. The van der Waals surface area contributed by atoms with Gasteiger partial charge in [-0.15, -0.1) is 0 Å². The molecule has 1 aliphatic heterocycles. The quantitative estimate of drug-likeness (QED) is 0.640. The van der Waals surface area contributed by atoms with E-state index in [1.54, 1.807) is 30.3 Å². The van der Waals surface area contributed by atoms with Crippen molar-refractivity contribution >= 4 is 28.8 Å². The third kappa shape index (κ3) is 3.53. The highest BCUT2D eigenvalue weighted by molar-refractivity contribution is 6.46. The van der Waals surface area contributed by atoms with Crippen LogP contribution in [-0.2, 0) is 9.59 Å². The van der Waals surface area contributed by atoms with Crippen molar-refractivity contribution in [3.63, 3.8) is 0 Å². The molecule has 0 atom stereocenters. The summed E-state index contributed by atoms with van der Waals surface area (Å²) >= 11 is 0. The Morgan fingerprint density at radius 1 is 0.833 bits per heavy atom.